The van der Waals surface area contributed by atoms with E-state index in [9.17, 15) is 4.79 Å². The fraction of sp³-hybridized carbons (Fsp3) is 0.0556. The van der Waals surface area contributed by atoms with Gasteiger partial charge in [0.25, 0.3) is 0 Å². The van der Waals surface area contributed by atoms with E-state index in [-0.39, 0.29) is 5.78 Å². The van der Waals surface area contributed by atoms with Gasteiger partial charge in [0.05, 0.1) is 0 Å². The molecule has 0 bridgehead atoms. The van der Waals surface area contributed by atoms with Crippen molar-refractivity contribution in [3.05, 3.63) is 71.9 Å². The second-order valence-corrected chi connectivity index (χ2v) is 4.65. The molecule has 0 aliphatic heterocycles. The summed E-state index contributed by atoms with van der Waals surface area (Å²) < 4.78 is 2.03. The van der Waals surface area contributed by atoms with Crippen molar-refractivity contribution in [2.45, 2.75) is 0 Å². The predicted molar refractivity (Wildman–Crippen MR) is 80.6 cm³/mol. The van der Waals surface area contributed by atoms with Crippen LogP contribution in [0, 0.1) is 11.8 Å². The standard InChI is InChI=1S/C18H13NO/c1-19-12-11-15-13-16(8-9-17(15)19)18(20)10-7-14-5-3-2-4-6-14/h2-6,8-9,11-13H,1H3. The fourth-order valence-corrected chi connectivity index (χ4v) is 2.15. The van der Waals surface area contributed by atoms with Crippen molar-refractivity contribution < 1.29 is 4.79 Å². The summed E-state index contributed by atoms with van der Waals surface area (Å²) in [5, 5.41) is 1.06. The Kier molecular flexibility index (Phi) is 3.10. The lowest BCUT2D eigenvalue weighted by Crippen LogP contribution is -1.95. The van der Waals surface area contributed by atoms with E-state index < -0.39 is 0 Å². The van der Waals surface area contributed by atoms with Gasteiger partial charge in [-0.3, -0.25) is 4.79 Å². The molecule has 0 fully saturated rings. The van der Waals surface area contributed by atoms with Crippen LogP contribution in [0.2, 0.25) is 0 Å². The molecule has 0 amide bonds. The van der Waals surface area contributed by atoms with Gasteiger partial charge in [-0.05, 0) is 42.3 Å². The molecular weight excluding hydrogens is 246 g/mol. The molecule has 2 aromatic carbocycles. The zero-order valence-corrected chi connectivity index (χ0v) is 11.1. The highest BCUT2D eigenvalue weighted by Crippen LogP contribution is 2.16. The van der Waals surface area contributed by atoms with Crippen molar-refractivity contribution in [3.63, 3.8) is 0 Å². The van der Waals surface area contributed by atoms with Crippen LogP contribution in [0.3, 0.4) is 0 Å². The molecule has 0 saturated carbocycles. The van der Waals surface area contributed by atoms with Gasteiger partial charge in [0.15, 0.2) is 0 Å². The third-order valence-corrected chi connectivity index (χ3v) is 3.24. The fourth-order valence-electron chi connectivity index (χ4n) is 2.15. The van der Waals surface area contributed by atoms with Gasteiger partial charge in [-0.15, -0.1) is 0 Å². The largest absolute Gasteiger partial charge is 0.351 e. The molecule has 0 N–H and O–H groups in total. The van der Waals surface area contributed by atoms with Crippen LogP contribution in [-0.2, 0) is 7.05 Å². The molecule has 20 heavy (non-hydrogen) atoms. The maximum absolute atomic E-state index is 12.1. The number of Topliss-reactive ketones (excluding diaryl/α,β-unsaturated/α-hetero) is 1. The number of benzene rings is 2. The van der Waals surface area contributed by atoms with Gasteiger partial charge >= 0.3 is 0 Å². The number of carbonyl (C=O) groups excluding carboxylic acids is 1. The van der Waals surface area contributed by atoms with Gasteiger partial charge < -0.3 is 4.57 Å². The summed E-state index contributed by atoms with van der Waals surface area (Å²) in [6.07, 6.45) is 1.98. The van der Waals surface area contributed by atoms with E-state index in [2.05, 4.69) is 11.8 Å². The highest BCUT2D eigenvalue weighted by molar-refractivity contribution is 6.10. The molecule has 0 aliphatic rings. The van der Waals surface area contributed by atoms with E-state index in [4.69, 9.17) is 0 Å². The van der Waals surface area contributed by atoms with Crippen molar-refractivity contribution in [1.29, 1.82) is 0 Å². The Balaban J connectivity index is 1.91. The van der Waals surface area contributed by atoms with Gasteiger partial charge in [-0.2, -0.15) is 0 Å². The minimum Gasteiger partial charge on any atom is -0.351 e. The number of hydrogen-bond donors (Lipinski definition) is 0. The maximum Gasteiger partial charge on any atom is 0.236 e. The molecule has 0 atom stereocenters. The van der Waals surface area contributed by atoms with Crippen LogP contribution >= 0.6 is 0 Å². The third-order valence-electron chi connectivity index (χ3n) is 3.24. The second kappa shape index (κ2) is 5.07. The zero-order chi connectivity index (χ0) is 13.9. The highest BCUT2D eigenvalue weighted by Gasteiger charge is 2.05. The summed E-state index contributed by atoms with van der Waals surface area (Å²) in [6.45, 7) is 0. The van der Waals surface area contributed by atoms with E-state index in [1.54, 1.807) is 0 Å². The number of aryl methyl sites for hydroxylation is 1. The molecule has 3 aromatic rings. The number of rotatable bonds is 1. The Morgan fingerprint density at radius 1 is 1.05 bits per heavy atom. The summed E-state index contributed by atoms with van der Waals surface area (Å²) in [5.41, 5.74) is 2.59. The van der Waals surface area contributed by atoms with Gasteiger partial charge in [0.2, 0.25) is 5.78 Å². The molecule has 1 aromatic heterocycles. The van der Waals surface area contributed by atoms with Crippen molar-refractivity contribution in [3.8, 4) is 11.8 Å². The van der Waals surface area contributed by atoms with Crippen LogP contribution in [0.15, 0.2) is 60.8 Å². The lowest BCUT2D eigenvalue weighted by Gasteiger charge is -1.98. The molecular formula is C18H13NO. The normalized spacial score (nSPS) is 10.1. The van der Waals surface area contributed by atoms with E-state index >= 15 is 0 Å². The molecule has 0 spiro atoms. The number of fused-ring (bicyclic) bond motifs is 1. The number of hydrogen-bond acceptors (Lipinski definition) is 1. The molecule has 0 saturated heterocycles. The third kappa shape index (κ3) is 2.34. The van der Waals surface area contributed by atoms with Crippen LogP contribution in [0.1, 0.15) is 15.9 Å². The number of aromatic nitrogens is 1. The zero-order valence-electron chi connectivity index (χ0n) is 11.1. The Bertz CT molecular complexity index is 832. The van der Waals surface area contributed by atoms with Gasteiger partial charge in [-0.25, -0.2) is 0 Å². The summed E-state index contributed by atoms with van der Waals surface area (Å²) in [6, 6.07) is 17.2. The minimum atomic E-state index is -0.153. The summed E-state index contributed by atoms with van der Waals surface area (Å²) in [5.74, 6) is 5.43. The summed E-state index contributed by atoms with van der Waals surface area (Å²) >= 11 is 0. The van der Waals surface area contributed by atoms with Crippen LogP contribution in [0.5, 0.6) is 0 Å². The van der Waals surface area contributed by atoms with E-state index in [1.165, 1.54) is 0 Å². The first-order valence-electron chi connectivity index (χ1n) is 6.40. The van der Waals surface area contributed by atoms with Crippen molar-refractivity contribution >= 4 is 16.7 Å². The van der Waals surface area contributed by atoms with Crippen LogP contribution in [0.4, 0.5) is 0 Å². The van der Waals surface area contributed by atoms with Crippen LogP contribution in [0.25, 0.3) is 10.9 Å². The quantitative estimate of drug-likeness (QED) is 0.485. The monoisotopic (exact) mass is 259 g/mol. The molecule has 1 heterocycles. The molecule has 96 valence electrons. The van der Waals surface area contributed by atoms with Gasteiger partial charge in [-0.1, -0.05) is 24.1 Å². The molecule has 2 nitrogen and oxygen atoms in total. The maximum atomic E-state index is 12.1. The number of ketones is 1. The lowest BCUT2D eigenvalue weighted by atomic mass is 10.1. The molecule has 0 radical (unpaired) electrons. The topological polar surface area (TPSA) is 22.0 Å². The van der Waals surface area contributed by atoms with Crippen LogP contribution < -0.4 is 0 Å². The molecule has 3 rings (SSSR count). The van der Waals surface area contributed by atoms with E-state index in [0.717, 1.165) is 16.5 Å². The smallest absolute Gasteiger partial charge is 0.236 e. The second-order valence-electron chi connectivity index (χ2n) is 4.65. The molecule has 0 aliphatic carbocycles. The number of nitrogens with zero attached hydrogens (tertiary/aromatic N) is 1. The Morgan fingerprint density at radius 3 is 2.65 bits per heavy atom. The van der Waals surface area contributed by atoms with Crippen molar-refractivity contribution in [2.75, 3.05) is 0 Å². The first-order chi connectivity index (χ1) is 9.74. The number of carbonyl (C=O) groups is 1. The Labute approximate surface area is 117 Å². The van der Waals surface area contributed by atoms with Crippen molar-refractivity contribution in [2.24, 2.45) is 7.05 Å². The average Bonchev–Trinajstić information content (AvgIpc) is 2.87. The molecule has 0 unspecified atom stereocenters. The molecule has 2 heteroatoms. The first kappa shape index (κ1) is 12.3. The van der Waals surface area contributed by atoms with Crippen LogP contribution in [-0.4, -0.2) is 10.4 Å². The summed E-state index contributed by atoms with van der Waals surface area (Å²) in [7, 11) is 1.99. The van der Waals surface area contributed by atoms with Gasteiger partial charge in [0.1, 0.15) is 0 Å². The predicted octanol–water partition coefficient (Wildman–Crippen LogP) is 3.41. The van der Waals surface area contributed by atoms with E-state index in [1.807, 2.05) is 72.4 Å². The summed E-state index contributed by atoms with van der Waals surface area (Å²) in [4.78, 5) is 12.1. The first-order valence-corrected chi connectivity index (χ1v) is 6.40. The van der Waals surface area contributed by atoms with E-state index in [0.29, 0.717) is 5.56 Å². The lowest BCUT2D eigenvalue weighted by molar-refractivity contribution is 0.105. The SMILES string of the molecule is Cn1ccc2cc(C(=O)C#Cc3ccccc3)ccc21. The van der Waals surface area contributed by atoms with Crippen molar-refractivity contribution in [1.82, 2.24) is 4.57 Å². The Hall–Kier alpha value is -2.79. The Morgan fingerprint density at radius 2 is 1.85 bits per heavy atom. The highest BCUT2D eigenvalue weighted by atomic mass is 16.1. The average molecular weight is 259 g/mol. The minimum absolute atomic E-state index is 0.153. The van der Waals surface area contributed by atoms with Gasteiger partial charge in [0, 0.05) is 35.3 Å².